The first-order valence-corrected chi connectivity index (χ1v) is 4.90. The molecule has 0 aliphatic heterocycles. The summed E-state index contributed by atoms with van der Waals surface area (Å²) < 4.78 is 17.8. The number of aromatic nitrogens is 2. The molecule has 1 heterocycles. The molecule has 0 saturated heterocycles. The lowest BCUT2D eigenvalue weighted by atomic mass is 10.2. The van der Waals surface area contributed by atoms with Gasteiger partial charge in [-0.25, -0.2) is 14.4 Å². The van der Waals surface area contributed by atoms with E-state index in [0.29, 0.717) is 6.61 Å². The normalized spacial score (nSPS) is 10.1. The van der Waals surface area contributed by atoms with Crippen LogP contribution in [0.4, 0.5) is 4.39 Å². The molecule has 3 nitrogen and oxygen atoms in total. The molecule has 2 rings (SSSR count). The van der Waals surface area contributed by atoms with Gasteiger partial charge in [-0.1, -0.05) is 29.8 Å². The topological polar surface area (TPSA) is 35.0 Å². The molecule has 4 heteroatoms. The van der Waals surface area contributed by atoms with E-state index >= 15 is 0 Å². The third-order valence-corrected chi connectivity index (χ3v) is 2.09. The summed E-state index contributed by atoms with van der Waals surface area (Å²) in [4.78, 5) is 7.41. The van der Waals surface area contributed by atoms with Crippen LogP contribution in [0.25, 0.3) is 0 Å². The Balaban J connectivity index is 1.97. The molecular formula is C12H11FN2O. The SMILES string of the molecule is Cc1ccc(COc2ncc(F)cn2)cc1. The fourth-order valence-electron chi connectivity index (χ4n) is 1.21. The Morgan fingerprint density at radius 3 is 2.38 bits per heavy atom. The molecule has 0 bridgehead atoms. The number of hydrogen-bond acceptors (Lipinski definition) is 3. The van der Waals surface area contributed by atoms with Crippen molar-refractivity contribution in [1.29, 1.82) is 0 Å². The summed E-state index contributed by atoms with van der Waals surface area (Å²) in [5.74, 6) is -0.470. The Bertz CT molecular complexity index is 408. The van der Waals surface area contributed by atoms with Crippen molar-refractivity contribution in [3.8, 4) is 6.01 Å². The summed E-state index contributed by atoms with van der Waals surface area (Å²) in [5, 5.41) is 0. The molecule has 0 aliphatic rings. The van der Waals surface area contributed by atoms with E-state index in [-0.39, 0.29) is 6.01 Å². The van der Waals surface area contributed by atoms with Crippen molar-refractivity contribution in [2.75, 3.05) is 0 Å². The summed E-state index contributed by atoms with van der Waals surface area (Å²) in [6.45, 7) is 2.40. The van der Waals surface area contributed by atoms with Gasteiger partial charge in [0.1, 0.15) is 6.61 Å². The van der Waals surface area contributed by atoms with Gasteiger partial charge in [0.25, 0.3) is 0 Å². The van der Waals surface area contributed by atoms with Crippen LogP contribution in [0.1, 0.15) is 11.1 Å². The van der Waals surface area contributed by atoms with Gasteiger partial charge in [-0.15, -0.1) is 0 Å². The molecule has 0 radical (unpaired) electrons. The number of halogens is 1. The van der Waals surface area contributed by atoms with Crippen LogP contribution in [-0.4, -0.2) is 9.97 Å². The highest BCUT2D eigenvalue weighted by atomic mass is 19.1. The first-order chi connectivity index (χ1) is 7.74. The molecule has 1 aromatic carbocycles. The number of aryl methyl sites for hydroxylation is 1. The van der Waals surface area contributed by atoms with E-state index in [4.69, 9.17) is 4.74 Å². The minimum atomic E-state index is -0.470. The van der Waals surface area contributed by atoms with E-state index in [2.05, 4.69) is 9.97 Å². The second kappa shape index (κ2) is 4.70. The van der Waals surface area contributed by atoms with Crippen LogP contribution in [0.15, 0.2) is 36.7 Å². The summed E-state index contributed by atoms with van der Waals surface area (Å²) in [6, 6.07) is 8.13. The molecule has 0 spiro atoms. The second-order valence-corrected chi connectivity index (χ2v) is 3.46. The maximum Gasteiger partial charge on any atom is 0.316 e. The molecule has 0 aliphatic carbocycles. The van der Waals surface area contributed by atoms with Gasteiger partial charge in [0, 0.05) is 0 Å². The standard InChI is InChI=1S/C12H11FN2O/c1-9-2-4-10(5-3-9)8-16-12-14-6-11(13)7-15-12/h2-7H,8H2,1H3. The fourth-order valence-corrected chi connectivity index (χ4v) is 1.21. The van der Waals surface area contributed by atoms with E-state index in [0.717, 1.165) is 18.0 Å². The quantitative estimate of drug-likeness (QED) is 0.793. The van der Waals surface area contributed by atoms with Crippen molar-refractivity contribution in [3.05, 3.63) is 53.6 Å². The van der Waals surface area contributed by atoms with E-state index in [9.17, 15) is 4.39 Å². The number of benzene rings is 1. The van der Waals surface area contributed by atoms with Gasteiger partial charge >= 0.3 is 6.01 Å². The van der Waals surface area contributed by atoms with E-state index in [1.54, 1.807) is 0 Å². The first kappa shape index (κ1) is 10.5. The van der Waals surface area contributed by atoms with Gasteiger partial charge in [-0.05, 0) is 12.5 Å². The van der Waals surface area contributed by atoms with E-state index in [1.807, 2.05) is 31.2 Å². The van der Waals surface area contributed by atoms with E-state index in [1.165, 1.54) is 5.56 Å². The monoisotopic (exact) mass is 218 g/mol. The zero-order chi connectivity index (χ0) is 11.4. The van der Waals surface area contributed by atoms with E-state index < -0.39 is 5.82 Å². The van der Waals surface area contributed by atoms with Crippen molar-refractivity contribution < 1.29 is 9.13 Å². The Morgan fingerprint density at radius 1 is 1.12 bits per heavy atom. The summed E-state index contributed by atoms with van der Waals surface area (Å²) in [5.41, 5.74) is 2.22. The molecule has 0 saturated carbocycles. The van der Waals surface area contributed by atoms with Crippen LogP contribution in [0.5, 0.6) is 6.01 Å². The molecule has 0 unspecified atom stereocenters. The van der Waals surface area contributed by atoms with Crippen molar-refractivity contribution in [2.45, 2.75) is 13.5 Å². The number of ether oxygens (including phenoxy) is 1. The Labute approximate surface area is 92.9 Å². The highest BCUT2D eigenvalue weighted by Crippen LogP contribution is 2.07. The minimum absolute atomic E-state index is 0.182. The third-order valence-electron chi connectivity index (χ3n) is 2.09. The van der Waals surface area contributed by atoms with Crippen LogP contribution in [0.2, 0.25) is 0 Å². The average molecular weight is 218 g/mol. The molecule has 0 amide bonds. The maximum absolute atomic E-state index is 12.5. The average Bonchev–Trinajstić information content (AvgIpc) is 2.30. The van der Waals surface area contributed by atoms with Crippen molar-refractivity contribution in [1.82, 2.24) is 9.97 Å². The highest BCUT2D eigenvalue weighted by molar-refractivity contribution is 5.20. The Morgan fingerprint density at radius 2 is 1.75 bits per heavy atom. The largest absolute Gasteiger partial charge is 0.459 e. The number of nitrogens with zero attached hydrogens (tertiary/aromatic N) is 2. The number of hydrogen-bond donors (Lipinski definition) is 0. The van der Waals surface area contributed by atoms with Crippen LogP contribution in [0, 0.1) is 12.7 Å². The first-order valence-electron chi connectivity index (χ1n) is 4.90. The minimum Gasteiger partial charge on any atom is -0.459 e. The van der Waals surface area contributed by atoms with Crippen LogP contribution in [0.3, 0.4) is 0 Å². The zero-order valence-corrected chi connectivity index (χ0v) is 8.85. The van der Waals surface area contributed by atoms with Crippen LogP contribution in [-0.2, 0) is 6.61 Å². The lowest BCUT2D eigenvalue weighted by Crippen LogP contribution is -1.99. The summed E-state index contributed by atoms with van der Waals surface area (Å²) in [6.07, 6.45) is 2.16. The molecule has 16 heavy (non-hydrogen) atoms. The van der Waals surface area contributed by atoms with Crippen molar-refractivity contribution in [3.63, 3.8) is 0 Å². The van der Waals surface area contributed by atoms with Gasteiger partial charge in [0.05, 0.1) is 12.4 Å². The van der Waals surface area contributed by atoms with Gasteiger partial charge in [-0.3, -0.25) is 0 Å². The maximum atomic E-state index is 12.5. The van der Waals surface area contributed by atoms with Crippen LogP contribution < -0.4 is 4.74 Å². The lowest BCUT2D eigenvalue weighted by Gasteiger charge is -2.04. The molecule has 0 atom stereocenters. The van der Waals surface area contributed by atoms with Gasteiger partial charge in [-0.2, -0.15) is 0 Å². The Hall–Kier alpha value is -1.97. The molecule has 1 aromatic heterocycles. The summed E-state index contributed by atoms with van der Waals surface area (Å²) in [7, 11) is 0. The third kappa shape index (κ3) is 2.76. The van der Waals surface area contributed by atoms with Crippen molar-refractivity contribution in [2.24, 2.45) is 0 Å². The van der Waals surface area contributed by atoms with Crippen molar-refractivity contribution >= 4 is 0 Å². The second-order valence-electron chi connectivity index (χ2n) is 3.46. The molecule has 2 aromatic rings. The molecule has 0 fully saturated rings. The highest BCUT2D eigenvalue weighted by Gasteiger charge is 1.99. The number of rotatable bonds is 3. The smallest absolute Gasteiger partial charge is 0.316 e. The van der Waals surface area contributed by atoms with Gasteiger partial charge in [0.2, 0.25) is 0 Å². The molecular weight excluding hydrogens is 207 g/mol. The molecule has 82 valence electrons. The van der Waals surface area contributed by atoms with Gasteiger partial charge in [0.15, 0.2) is 5.82 Å². The predicted molar refractivity (Wildman–Crippen MR) is 57.5 cm³/mol. The fraction of sp³-hybridized carbons (Fsp3) is 0.167. The zero-order valence-electron chi connectivity index (χ0n) is 8.85. The Kier molecular flexibility index (Phi) is 3.10. The van der Waals surface area contributed by atoms with Crippen LogP contribution >= 0.6 is 0 Å². The predicted octanol–water partition coefficient (Wildman–Crippen LogP) is 2.50. The van der Waals surface area contributed by atoms with Gasteiger partial charge < -0.3 is 4.74 Å². The summed E-state index contributed by atoms with van der Waals surface area (Å²) >= 11 is 0. The lowest BCUT2D eigenvalue weighted by molar-refractivity contribution is 0.279. The molecule has 0 N–H and O–H groups in total.